The summed E-state index contributed by atoms with van der Waals surface area (Å²) >= 11 is 1.16. The van der Waals surface area contributed by atoms with Crippen molar-refractivity contribution in [2.45, 2.75) is 30.8 Å². The van der Waals surface area contributed by atoms with Gasteiger partial charge in [-0.1, -0.05) is 41.6 Å². The van der Waals surface area contributed by atoms with Gasteiger partial charge in [0.2, 0.25) is 11.8 Å². The molecular weight excluding hydrogens is 370 g/mol. The average Bonchev–Trinajstić information content (AvgIpc) is 3.26. The number of fused-ring (bicyclic) bond motifs is 1. The first kappa shape index (κ1) is 17.7. The lowest BCUT2D eigenvalue weighted by atomic mass is 10.1. The van der Waals surface area contributed by atoms with Crippen molar-refractivity contribution in [1.29, 1.82) is 0 Å². The van der Waals surface area contributed by atoms with Crippen molar-refractivity contribution in [2.75, 3.05) is 0 Å². The van der Waals surface area contributed by atoms with E-state index in [0.717, 1.165) is 27.5 Å². The molecule has 0 aliphatic carbocycles. The maximum Gasteiger partial charge on any atom is 0.321 e. The number of hydrogen-bond acceptors (Lipinski definition) is 5. The highest BCUT2D eigenvalue weighted by atomic mass is 32.2. The normalized spacial score (nSPS) is 12.8. The summed E-state index contributed by atoms with van der Waals surface area (Å²) in [6, 6.07) is 14.6. The minimum atomic E-state index is -2.68. The molecule has 0 saturated carbocycles. The Morgan fingerprint density at radius 2 is 1.78 bits per heavy atom. The fraction of sp³-hybridized carbons (Fsp3) is 0.211. The van der Waals surface area contributed by atoms with Crippen LogP contribution in [-0.2, 0) is 0 Å². The molecule has 0 aliphatic heterocycles. The molecule has 1 unspecified atom stereocenters. The lowest BCUT2D eigenvalue weighted by Crippen LogP contribution is -2.01. The number of nitrogens with zero attached hydrogens (tertiary/aromatic N) is 4. The number of benzene rings is 2. The van der Waals surface area contributed by atoms with Crippen molar-refractivity contribution in [3.8, 4) is 11.5 Å². The van der Waals surface area contributed by atoms with Gasteiger partial charge in [-0.05, 0) is 38.1 Å². The van der Waals surface area contributed by atoms with Crippen LogP contribution < -0.4 is 0 Å². The Hall–Kier alpha value is -2.74. The Morgan fingerprint density at radius 1 is 1.04 bits per heavy atom. The van der Waals surface area contributed by atoms with Gasteiger partial charge in [0.25, 0.3) is 0 Å². The zero-order valence-corrected chi connectivity index (χ0v) is 15.5. The maximum atomic E-state index is 13.6. The molecule has 2 heterocycles. The van der Waals surface area contributed by atoms with E-state index in [0.29, 0.717) is 22.8 Å². The first-order chi connectivity index (χ1) is 13.0. The van der Waals surface area contributed by atoms with Crippen molar-refractivity contribution in [3.63, 3.8) is 0 Å². The summed E-state index contributed by atoms with van der Waals surface area (Å²) < 4.78 is 33.8. The molecule has 0 amide bonds. The Morgan fingerprint density at radius 3 is 2.52 bits per heavy atom. The lowest BCUT2D eigenvalue weighted by molar-refractivity contribution is 0.0656. The van der Waals surface area contributed by atoms with Gasteiger partial charge in [-0.2, -0.15) is 8.78 Å². The quantitative estimate of drug-likeness (QED) is 0.415. The molecule has 0 N–H and O–H groups in total. The minimum Gasteiger partial charge on any atom is -0.419 e. The molecule has 1 atom stereocenters. The van der Waals surface area contributed by atoms with E-state index in [2.05, 4.69) is 15.2 Å². The maximum absolute atomic E-state index is 13.6. The van der Waals surface area contributed by atoms with Crippen LogP contribution >= 0.6 is 11.8 Å². The molecule has 4 rings (SSSR count). The van der Waals surface area contributed by atoms with Crippen molar-refractivity contribution >= 4 is 22.8 Å². The fourth-order valence-corrected chi connectivity index (χ4v) is 3.67. The van der Waals surface area contributed by atoms with Crippen molar-refractivity contribution in [1.82, 2.24) is 19.7 Å². The van der Waals surface area contributed by atoms with Crippen LogP contribution in [0.2, 0.25) is 0 Å². The molecule has 0 radical (unpaired) electrons. The predicted octanol–water partition coefficient (Wildman–Crippen LogP) is 5.64. The Balaban J connectivity index is 1.61. The predicted molar refractivity (Wildman–Crippen MR) is 99.7 cm³/mol. The average molecular weight is 386 g/mol. The molecule has 27 heavy (non-hydrogen) atoms. The third-order valence-electron chi connectivity index (χ3n) is 4.13. The number of halogens is 2. The lowest BCUT2D eigenvalue weighted by Gasteiger charge is -2.09. The second-order valence-electron chi connectivity index (χ2n) is 6.10. The Kier molecular flexibility index (Phi) is 4.65. The van der Waals surface area contributed by atoms with Crippen LogP contribution in [0.4, 0.5) is 8.78 Å². The van der Waals surface area contributed by atoms with Crippen molar-refractivity contribution in [2.24, 2.45) is 0 Å². The zero-order valence-electron chi connectivity index (χ0n) is 14.6. The molecule has 0 saturated heterocycles. The van der Waals surface area contributed by atoms with Gasteiger partial charge in [-0.15, -0.1) is 10.2 Å². The number of aryl methyl sites for hydroxylation is 1. The van der Waals surface area contributed by atoms with E-state index in [1.807, 2.05) is 38.1 Å². The first-order valence-electron chi connectivity index (χ1n) is 8.35. The Labute approximate surface area is 158 Å². The molecule has 2 aromatic carbocycles. The van der Waals surface area contributed by atoms with Crippen molar-refractivity contribution < 1.29 is 13.2 Å². The molecular formula is C19H16F2N4OS. The van der Waals surface area contributed by atoms with Gasteiger partial charge >= 0.3 is 6.55 Å². The number of thioether (sulfide) groups is 1. The molecule has 0 fully saturated rings. The smallest absolute Gasteiger partial charge is 0.321 e. The summed E-state index contributed by atoms with van der Waals surface area (Å²) in [5.41, 5.74) is 2.87. The van der Waals surface area contributed by atoms with Crippen molar-refractivity contribution in [3.05, 3.63) is 60.0 Å². The summed E-state index contributed by atoms with van der Waals surface area (Å²) in [4.78, 5) is 4.33. The van der Waals surface area contributed by atoms with Crippen LogP contribution in [0.25, 0.3) is 22.5 Å². The fourth-order valence-electron chi connectivity index (χ4n) is 2.71. The monoisotopic (exact) mass is 386 g/mol. The summed E-state index contributed by atoms with van der Waals surface area (Å²) in [7, 11) is 0. The van der Waals surface area contributed by atoms with Crippen LogP contribution in [0.1, 0.15) is 30.2 Å². The zero-order chi connectivity index (χ0) is 19.0. The first-order valence-corrected chi connectivity index (χ1v) is 9.23. The SMILES string of the molecule is Cc1ccc(-c2nnc(C(C)Sc3nc4ccccc4n3C(F)F)o2)cc1. The van der Waals surface area contributed by atoms with E-state index in [-0.39, 0.29) is 10.4 Å². The third-order valence-corrected chi connectivity index (χ3v) is 5.18. The second kappa shape index (κ2) is 7.11. The number of imidazole rings is 1. The second-order valence-corrected chi connectivity index (χ2v) is 7.41. The molecule has 8 heteroatoms. The molecule has 0 bridgehead atoms. The Bertz CT molecular complexity index is 1070. The summed E-state index contributed by atoms with van der Waals surface area (Å²) in [5, 5.41) is 8.04. The summed E-state index contributed by atoms with van der Waals surface area (Å²) in [5.74, 6) is 0.767. The largest absolute Gasteiger partial charge is 0.419 e. The van der Waals surface area contributed by atoms with Gasteiger partial charge in [0.05, 0.1) is 16.3 Å². The van der Waals surface area contributed by atoms with Gasteiger partial charge in [-0.3, -0.25) is 4.57 Å². The van der Waals surface area contributed by atoms with E-state index in [1.54, 1.807) is 24.3 Å². The summed E-state index contributed by atoms with van der Waals surface area (Å²) in [6.45, 7) is 1.14. The number of aromatic nitrogens is 4. The van der Waals surface area contributed by atoms with E-state index in [4.69, 9.17) is 4.42 Å². The highest BCUT2D eigenvalue weighted by molar-refractivity contribution is 7.99. The highest BCUT2D eigenvalue weighted by Crippen LogP contribution is 2.38. The molecule has 0 aliphatic rings. The van der Waals surface area contributed by atoms with Crippen LogP contribution in [-0.4, -0.2) is 19.7 Å². The molecule has 0 spiro atoms. The van der Waals surface area contributed by atoms with Crippen LogP contribution in [0.5, 0.6) is 0 Å². The van der Waals surface area contributed by atoms with E-state index >= 15 is 0 Å². The van der Waals surface area contributed by atoms with Gasteiger partial charge < -0.3 is 4.42 Å². The molecule has 4 aromatic rings. The number of hydrogen-bond donors (Lipinski definition) is 0. The van der Waals surface area contributed by atoms with Crippen LogP contribution in [0.15, 0.2) is 58.1 Å². The van der Waals surface area contributed by atoms with Gasteiger partial charge in [0.15, 0.2) is 5.16 Å². The van der Waals surface area contributed by atoms with Gasteiger partial charge in [-0.25, -0.2) is 4.98 Å². The number of alkyl halides is 2. The topological polar surface area (TPSA) is 56.7 Å². The number of rotatable bonds is 5. The number of para-hydroxylation sites is 2. The summed E-state index contributed by atoms with van der Waals surface area (Å²) in [6.07, 6.45) is 0. The molecule has 138 valence electrons. The van der Waals surface area contributed by atoms with E-state index in [1.165, 1.54) is 0 Å². The molecule has 5 nitrogen and oxygen atoms in total. The van der Waals surface area contributed by atoms with Gasteiger partial charge in [0.1, 0.15) is 0 Å². The van der Waals surface area contributed by atoms with E-state index in [9.17, 15) is 8.78 Å². The minimum absolute atomic E-state index is 0.216. The van der Waals surface area contributed by atoms with Crippen LogP contribution in [0.3, 0.4) is 0 Å². The van der Waals surface area contributed by atoms with Crippen LogP contribution in [0, 0.1) is 6.92 Å². The highest BCUT2D eigenvalue weighted by Gasteiger charge is 2.23. The standard InChI is InChI=1S/C19H16F2N4OS/c1-11-7-9-13(10-8-11)17-24-23-16(26-17)12(2)27-19-22-14-5-3-4-6-15(14)25(19)18(20)21/h3-10,12,18H,1-2H3. The molecule has 2 aromatic heterocycles. The van der Waals surface area contributed by atoms with Gasteiger partial charge in [0, 0.05) is 5.56 Å². The van der Waals surface area contributed by atoms with E-state index < -0.39 is 6.55 Å². The third kappa shape index (κ3) is 3.44.